The Morgan fingerprint density at radius 1 is 1.04 bits per heavy atom. The molecule has 1 N–H and O–H groups in total. The lowest BCUT2D eigenvalue weighted by Crippen LogP contribution is -2.35. The Morgan fingerprint density at radius 2 is 1.85 bits per heavy atom. The van der Waals surface area contributed by atoms with E-state index < -0.39 is 0 Å². The van der Waals surface area contributed by atoms with Crippen LogP contribution >= 0.6 is 0 Å². The molecule has 0 bridgehead atoms. The fraction of sp³-hybridized carbons (Fsp3) is 0.300. The van der Waals surface area contributed by atoms with Crippen LogP contribution in [0.5, 0.6) is 0 Å². The van der Waals surface area contributed by atoms with Crippen molar-refractivity contribution < 1.29 is 9.13 Å². The van der Waals surface area contributed by atoms with Crippen molar-refractivity contribution in [2.75, 3.05) is 31.6 Å². The molecule has 5 nitrogen and oxygen atoms in total. The van der Waals surface area contributed by atoms with Gasteiger partial charge in [0.2, 0.25) is 0 Å². The van der Waals surface area contributed by atoms with Crippen molar-refractivity contribution in [3.8, 4) is 0 Å². The molecule has 0 amide bonds. The standard InChI is InChI=1S/C20H21FN4O/c21-18-6-2-5-17-19(18)23-14-24-20(17)22-12-15-3-1-4-16(11-15)13-25-7-9-26-10-8-25/h1-6,11,14H,7-10,12-13H2,(H,22,23,24). The predicted molar refractivity (Wildman–Crippen MR) is 99.4 cm³/mol. The number of nitrogens with zero attached hydrogens (tertiary/aromatic N) is 3. The van der Waals surface area contributed by atoms with Crippen LogP contribution in [0.4, 0.5) is 10.2 Å². The minimum atomic E-state index is -0.333. The van der Waals surface area contributed by atoms with Gasteiger partial charge in [-0.2, -0.15) is 0 Å². The van der Waals surface area contributed by atoms with E-state index in [4.69, 9.17) is 4.74 Å². The zero-order valence-corrected chi connectivity index (χ0v) is 14.5. The summed E-state index contributed by atoms with van der Waals surface area (Å²) in [6.45, 7) is 5.11. The minimum absolute atomic E-state index is 0.333. The van der Waals surface area contributed by atoms with Crippen molar-refractivity contribution in [2.24, 2.45) is 0 Å². The summed E-state index contributed by atoms with van der Waals surface area (Å²) < 4.78 is 19.3. The number of para-hydroxylation sites is 1. The second-order valence-corrected chi connectivity index (χ2v) is 6.42. The van der Waals surface area contributed by atoms with Gasteiger partial charge in [-0.15, -0.1) is 0 Å². The lowest BCUT2D eigenvalue weighted by atomic mass is 10.1. The van der Waals surface area contributed by atoms with Crippen molar-refractivity contribution in [1.82, 2.24) is 14.9 Å². The third-order valence-electron chi connectivity index (χ3n) is 4.58. The topological polar surface area (TPSA) is 50.3 Å². The van der Waals surface area contributed by atoms with Gasteiger partial charge >= 0.3 is 0 Å². The molecule has 134 valence electrons. The summed E-state index contributed by atoms with van der Waals surface area (Å²) in [7, 11) is 0. The Labute approximate surface area is 151 Å². The van der Waals surface area contributed by atoms with E-state index in [0.29, 0.717) is 23.3 Å². The van der Waals surface area contributed by atoms with E-state index >= 15 is 0 Å². The van der Waals surface area contributed by atoms with E-state index in [1.54, 1.807) is 6.07 Å². The SMILES string of the molecule is Fc1cccc2c(NCc3cccc(CN4CCOCC4)c3)ncnc12. The molecule has 6 heteroatoms. The quantitative estimate of drug-likeness (QED) is 0.764. The average Bonchev–Trinajstić information content (AvgIpc) is 2.68. The van der Waals surface area contributed by atoms with Gasteiger partial charge < -0.3 is 10.1 Å². The molecule has 0 atom stereocenters. The number of rotatable bonds is 5. The molecule has 1 fully saturated rings. The Morgan fingerprint density at radius 3 is 2.73 bits per heavy atom. The number of nitrogens with one attached hydrogen (secondary N) is 1. The Kier molecular flexibility index (Phi) is 5.04. The monoisotopic (exact) mass is 352 g/mol. The first-order valence-corrected chi connectivity index (χ1v) is 8.80. The van der Waals surface area contributed by atoms with Crippen LogP contribution in [0.25, 0.3) is 10.9 Å². The summed E-state index contributed by atoms with van der Waals surface area (Å²) in [6.07, 6.45) is 1.39. The van der Waals surface area contributed by atoms with Crippen molar-refractivity contribution in [2.45, 2.75) is 13.1 Å². The molecule has 2 heterocycles. The number of aromatic nitrogens is 2. The molecule has 0 spiro atoms. The second kappa shape index (κ2) is 7.76. The first kappa shape index (κ1) is 16.9. The summed E-state index contributed by atoms with van der Waals surface area (Å²) in [5.41, 5.74) is 2.79. The molecular formula is C20H21FN4O. The van der Waals surface area contributed by atoms with Gasteiger partial charge in [-0.05, 0) is 23.3 Å². The Hall–Kier alpha value is -2.57. The third kappa shape index (κ3) is 3.81. The molecule has 4 rings (SSSR count). The molecule has 1 aromatic heterocycles. The van der Waals surface area contributed by atoms with Crippen LogP contribution in [0.2, 0.25) is 0 Å². The van der Waals surface area contributed by atoms with Gasteiger partial charge in [-0.1, -0.05) is 30.3 Å². The van der Waals surface area contributed by atoms with Crippen LogP contribution in [0.3, 0.4) is 0 Å². The van der Waals surface area contributed by atoms with Gasteiger partial charge in [0.25, 0.3) is 0 Å². The van der Waals surface area contributed by atoms with Crippen molar-refractivity contribution in [3.05, 3.63) is 65.7 Å². The number of halogens is 1. The smallest absolute Gasteiger partial charge is 0.149 e. The van der Waals surface area contributed by atoms with Gasteiger partial charge in [-0.25, -0.2) is 14.4 Å². The van der Waals surface area contributed by atoms with Crippen LogP contribution in [-0.2, 0) is 17.8 Å². The van der Waals surface area contributed by atoms with Crippen molar-refractivity contribution in [1.29, 1.82) is 0 Å². The molecule has 0 saturated carbocycles. The van der Waals surface area contributed by atoms with Gasteiger partial charge in [-0.3, -0.25) is 4.90 Å². The molecule has 0 unspecified atom stereocenters. The number of hydrogen-bond acceptors (Lipinski definition) is 5. The highest BCUT2D eigenvalue weighted by Crippen LogP contribution is 2.22. The fourth-order valence-corrected chi connectivity index (χ4v) is 3.23. The molecule has 3 aromatic rings. The number of fused-ring (bicyclic) bond motifs is 1. The molecule has 1 saturated heterocycles. The van der Waals surface area contributed by atoms with Crippen LogP contribution < -0.4 is 5.32 Å². The van der Waals surface area contributed by atoms with E-state index in [0.717, 1.165) is 32.8 Å². The molecule has 1 aliphatic rings. The molecule has 1 aliphatic heterocycles. The van der Waals surface area contributed by atoms with E-state index in [2.05, 4.69) is 44.5 Å². The highest BCUT2D eigenvalue weighted by atomic mass is 19.1. The van der Waals surface area contributed by atoms with Gasteiger partial charge in [0.1, 0.15) is 23.5 Å². The molecule has 2 aromatic carbocycles. The highest BCUT2D eigenvalue weighted by molar-refractivity contribution is 5.89. The highest BCUT2D eigenvalue weighted by Gasteiger charge is 2.11. The second-order valence-electron chi connectivity index (χ2n) is 6.42. The maximum absolute atomic E-state index is 13.9. The minimum Gasteiger partial charge on any atom is -0.379 e. The van der Waals surface area contributed by atoms with Gasteiger partial charge in [0.15, 0.2) is 0 Å². The van der Waals surface area contributed by atoms with E-state index in [9.17, 15) is 4.39 Å². The summed E-state index contributed by atoms with van der Waals surface area (Å²) in [6, 6.07) is 13.4. The Bertz CT molecular complexity index is 896. The number of anilines is 1. The summed E-state index contributed by atoms with van der Waals surface area (Å²) >= 11 is 0. The molecule has 26 heavy (non-hydrogen) atoms. The van der Waals surface area contributed by atoms with E-state index in [1.165, 1.54) is 23.5 Å². The lowest BCUT2D eigenvalue weighted by Gasteiger charge is -2.26. The third-order valence-corrected chi connectivity index (χ3v) is 4.58. The number of hydrogen-bond donors (Lipinski definition) is 1. The predicted octanol–water partition coefficient (Wildman–Crippen LogP) is 3.21. The molecular weight excluding hydrogens is 331 g/mol. The van der Waals surface area contributed by atoms with Crippen molar-refractivity contribution >= 4 is 16.7 Å². The van der Waals surface area contributed by atoms with Crippen LogP contribution in [0.1, 0.15) is 11.1 Å². The normalized spacial score (nSPS) is 15.3. The van der Waals surface area contributed by atoms with Gasteiger partial charge in [0, 0.05) is 31.6 Å². The number of ether oxygens (including phenoxy) is 1. The van der Waals surface area contributed by atoms with Crippen molar-refractivity contribution in [3.63, 3.8) is 0 Å². The van der Waals surface area contributed by atoms with E-state index in [1.807, 2.05) is 6.07 Å². The summed E-state index contributed by atoms with van der Waals surface area (Å²) in [4.78, 5) is 10.7. The van der Waals surface area contributed by atoms with Gasteiger partial charge in [0.05, 0.1) is 13.2 Å². The van der Waals surface area contributed by atoms with Crippen LogP contribution in [0, 0.1) is 5.82 Å². The first-order chi connectivity index (χ1) is 12.8. The van der Waals surface area contributed by atoms with Crippen LogP contribution in [-0.4, -0.2) is 41.2 Å². The fourth-order valence-electron chi connectivity index (χ4n) is 3.23. The maximum Gasteiger partial charge on any atom is 0.149 e. The molecule has 0 radical (unpaired) electrons. The largest absolute Gasteiger partial charge is 0.379 e. The van der Waals surface area contributed by atoms with Crippen LogP contribution in [0.15, 0.2) is 48.8 Å². The number of morpholine rings is 1. The zero-order chi connectivity index (χ0) is 17.8. The zero-order valence-electron chi connectivity index (χ0n) is 14.5. The molecule has 0 aliphatic carbocycles. The maximum atomic E-state index is 13.9. The first-order valence-electron chi connectivity index (χ1n) is 8.80. The lowest BCUT2D eigenvalue weighted by molar-refractivity contribution is 0.0342. The average molecular weight is 352 g/mol. The number of benzene rings is 2. The van der Waals surface area contributed by atoms with E-state index in [-0.39, 0.29) is 5.82 Å². The summed E-state index contributed by atoms with van der Waals surface area (Å²) in [5, 5.41) is 4.00. The summed E-state index contributed by atoms with van der Waals surface area (Å²) in [5.74, 6) is 0.313. The Balaban J connectivity index is 1.46.